The standard InChI is InChI=1S/C16H18N2S2/c1-16(2,15-8-5-9-20-15)11-18-13-6-4-7-14(19-3)12(13)10-17/h4-9,18H,11H2,1-3H3. The van der Waals surface area contributed by atoms with Gasteiger partial charge in [0.05, 0.1) is 11.3 Å². The first kappa shape index (κ1) is 15.0. The minimum Gasteiger partial charge on any atom is -0.383 e. The van der Waals surface area contributed by atoms with Gasteiger partial charge in [-0.2, -0.15) is 5.26 Å². The number of rotatable bonds is 5. The minimum atomic E-state index is 0.0518. The average Bonchev–Trinajstić information content (AvgIpc) is 2.99. The maximum atomic E-state index is 9.34. The Labute approximate surface area is 128 Å². The van der Waals surface area contributed by atoms with Gasteiger partial charge in [0.2, 0.25) is 0 Å². The van der Waals surface area contributed by atoms with Gasteiger partial charge in [0.1, 0.15) is 6.07 Å². The molecule has 0 saturated heterocycles. The number of nitrogens with one attached hydrogen (secondary N) is 1. The van der Waals surface area contributed by atoms with Crippen LogP contribution in [0.15, 0.2) is 40.6 Å². The second-order valence-corrected chi connectivity index (χ2v) is 7.01. The van der Waals surface area contributed by atoms with Crippen molar-refractivity contribution in [1.82, 2.24) is 0 Å². The van der Waals surface area contributed by atoms with Gasteiger partial charge in [-0.25, -0.2) is 0 Å². The van der Waals surface area contributed by atoms with Gasteiger partial charge < -0.3 is 5.32 Å². The highest BCUT2D eigenvalue weighted by Gasteiger charge is 2.22. The van der Waals surface area contributed by atoms with Crippen molar-refractivity contribution in [2.45, 2.75) is 24.2 Å². The summed E-state index contributed by atoms with van der Waals surface area (Å²) in [5.41, 5.74) is 1.71. The van der Waals surface area contributed by atoms with Gasteiger partial charge in [0, 0.05) is 21.7 Å². The Morgan fingerprint density at radius 3 is 2.70 bits per heavy atom. The van der Waals surface area contributed by atoms with Crippen molar-refractivity contribution < 1.29 is 0 Å². The first-order valence-electron chi connectivity index (χ1n) is 6.43. The summed E-state index contributed by atoms with van der Waals surface area (Å²) in [6.45, 7) is 5.24. The number of nitriles is 1. The van der Waals surface area contributed by atoms with Crippen LogP contribution in [0, 0.1) is 11.3 Å². The molecule has 0 atom stereocenters. The molecule has 0 aliphatic carbocycles. The number of anilines is 1. The van der Waals surface area contributed by atoms with E-state index >= 15 is 0 Å². The summed E-state index contributed by atoms with van der Waals surface area (Å²) in [5.74, 6) is 0. The quantitative estimate of drug-likeness (QED) is 0.811. The summed E-state index contributed by atoms with van der Waals surface area (Å²) in [4.78, 5) is 2.37. The van der Waals surface area contributed by atoms with Gasteiger partial charge in [-0.1, -0.05) is 26.0 Å². The maximum Gasteiger partial charge on any atom is 0.102 e. The lowest BCUT2D eigenvalue weighted by atomic mass is 9.91. The Morgan fingerprint density at radius 1 is 1.30 bits per heavy atom. The van der Waals surface area contributed by atoms with Gasteiger partial charge in [0.25, 0.3) is 0 Å². The number of thiophene rings is 1. The fraction of sp³-hybridized carbons (Fsp3) is 0.312. The largest absolute Gasteiger partial charge is 0.383 e. The summed E-state index contributed by atoms with van der Waals surface area (Å²) in [7, 11) is 0. The highest BCUT2D eigenvalue weighted by molar-refractivity contribution is 7.98. The van der Waals surface area contributed by atoms with Crippen LogP contribution in [0.2, 0.25) is 0 Å². The zero-order valence-electron chi connectivity index (χ0n) is 11.9. The molecule has 1 heterocycles. The molecular formula is C16H18N2S2. The molecule has 0 fully saturated rings. The number of nitrogens with zero attached hydrogens (tertiary/aromatic N) is 1. The van der Waals surface area contributed by atoms with E-state index in [2.05, 4.69) is 42.7 Å². The first-order chi connectivity index (χ1) is 9.58. The fourth-order valence-electron chi connectivity index (χ4n) is 2.03. The Hall–Kier alpha value is -1.44. The summed E-state index contributed by atoms with van der Waals surface area (Å²) in [6.07, 6.45) is 2.00. The predicted octanol–water partition coefficient (Wildman–Crippen LogP) is 4.73. The average molecular weight is 302 g/mol. The molecule has 0 saturated carbocycles. The molecule has 1 N–H and O–H groups in total. The van der Waals surface area contributed by atoms with Crippen molar-refractivity contribution in [3.8, 4) is 6.07 Å². The Morgan fingerprint density at radius 2 is 2.10 bits per heavy atom. The third kappa shape index (κ3) is 3.17. The van der Waals surface area contributed by atoms with Crippen LogP contribution >= 0.6 is 23.1 Å². The van der Waals surface area contributed by atoms with Crippen LogP contribution in [0.4, 0.5) is 5.69 Å². The van der Waals surface area contributed by atoms with Crippen LogP contribution in [0.3, 0.4) is 0 Å². The van der Waals surface area contributed by atoms with E-state index < -0.39 is 0 Å². The molecule has 0 aliphatic heterocycles. The molecule has 0 spiro atoms. The minimum absolute atomic E-state index is 0.0518. The molecule has 0 aliphatic rings. The lowest BCUT2D eigenvalue weighted by Gasteiger charge is -2.25. The monoisotopic (exact) mass is 302 g/mol. The van der Waals surface area contributed by atoms with Crippen LogP contribution in [-0.2, 0) is 5.41 Å². The third-order valence-corrected chi connectivity index (χ3v) is 5.28. The first-order valence-corrected chi connectivity index (χ1v) is 8.54. The molecule has 0 unspecified atom stereocenters. The lowest BCUT2D eigenvalue weighted by molar-refractivity contribution is 0.569. The van der Waals surface area contributed by atoms with E-state index in [1.807, 2.05) is 24.5 Å². The molecule has 4 heteroatoms. The second-order valence-electron chi connectivity index (χ2n) is 5.21. The topological polar surface area (TPSA) is 35.8 Å². The molecule has 104 valence electrons. The summed E-state index contributed by atoms with van der Waals surface area (Å²) >= 11 is 3.38. The fourth-order valence-corrected chi connectivity index (χ4v) is 3.46. The van der Waals surface area contributed by atoms with E-state index in [-0.39, 0.29) is 5.41 Å². The third-order valence-electron chi connectivity index (χ3n) is 3.27. The summed E-state index contributed by atoms with van der Waals surface area (Å²) in [5, 5.41) is 14.9. The number of thioether (sulfide) groups is 1. The van der Waals surface area contributed by atoms with Crippen molar-refractivity contribution in [2.24, 2.45) is 0 Å². The van der Waals surface area contributed by atoms with E-state index in [0.717, 1.165) is 22.7 Å². The molecule has 0 bridgehead atoms. The van der Waals surface area contributed by atoms with Gasteiger partial charge >= 0.3 is 0 Å². The predicted molar refractivity (Wildman–Crippen MR) is 88.8 cm³/mol. The molecule has 1 aromatic carbocycles. The normalized spacial score (nSPS) is 11.1. The zero-order chi connectivity index (χ0) is 14.6. The number of hydrogen-bond donors (Lipinski definition) is 1. The molecule has 2 nitrogen and oxygen atoms in total. The van der Waals surface area contributed by atoms with E-state index in [9.17, 15) is 5.26 Å². The van der Waals surface area contributed by atoms with Crippen molar-refractivity contribution in [3.05, 3.63) is 46.2 Å². The highest BCUT2D eigenvalue weighted by atomic mass is 32.2. The molecule has 0 radical (unpaired) electrons. The number of benzene rings is 1. The summed E-state index contributed by atoms with van der Waals surface area (Å²) < 4.78 is 0. The van der Waals surface area contributed by atoms with Crippen molar-refractivity contribution in [3.63, 3.8) is 0 Å². The van der Waals surface area contributed by atoms with Gasteiger partial charge in [0.15, 0.2) is 0 Å². The van der Waals surface area contributed by atoms with Crippen molar-refractivity contribution in [2.75, 3.05) is 18.1 Å². The van der Waals surface area contributed by atoms with Crippen LogP contribution < -0.4 is 5.32 Å². The van der Waals surface area contributed by atoms with Crippen molar-refractivity contribution in [1.29, 1.82) is 5.26 Å². The van der Waals surface area contributed by atoms with Gasteiger partial charge in [-0.3, -0.25) is 0 Å². The number of hydrogen-bond acceptors (Lipinski definition) is 4. The van der Waals surface area contributed by atoms with E-state index in [1.54, 1.807) is 23.1 Å². The van der Waals surface area contributed by atoms with E-state index in [1.165, 1.54) is 4.88 Å². The Bertz CT molecular complexity index is 610. The molecule has 2 rings (SSSR count). The zero-order valence-corrected chi connectivity index (χ0v) is 13.6. The molecule has 20 heavy (non-hydrogen) atoms. The SMILES string of the molecule is CSc1cccc(NCC(C)(C)c2cccs2)c1C#N. The van der Waals surface area contributed by atoms with Crippen LogP contribution in [-0.4, -0.2) is 12.8 Å². The second kappa shape index (κ2) is 6.34. The highest BCUT2D eigenvalue weighted by Crippen LogP contribution is 2.30. The Balaban J connectivity index is 2.18. The van der Waals surface area contributed by atoms with Crippen molar-refractivity contribution >= 4 is 28.8 Å². The van der Waals surface area contributed by atoms with Gasteiger partial charge in [-0.05, 0) is 29.8 Å². The van der Waals surface area contributed by atoms with Crippen LogP contribution in [0.25, 0.3) is 0 Å². The van der Waals surface area contributed by atoms with Crippen LogP contribution in [0.5, 0.6) is 0 Å². The maximum absolute atomic E-state index is 9.34. The Kier molecular flexibility index (Phi) is 4.74. The molecule has 1 aromatic heterocycles. The smallest absolute Gasteiger partial charge is 0.102 e. The van der Waals surface area contributed by atoms with E-state index in [4.69, 9.17) is 0 Å². The van der Waals surface area contributed by atoms with Crippen LogP contribution in [0.1, 0.15) is 24.3 Å². The molecule has 2 aromatic rings. The lowest BCUT2D eigenvalue weighted by Crippen LogP contribution is -2.26. The molecule has 0 amide bonds. The van der Waals surface area contributed by atoms with Gasteiger partial charge in [-0.15, -0.1) is 23.1 Å². The molecular weight excluding hydrogens is 284 g/mol. The van der Waals surface area contributed by atoms with E-state index in [0.29, 0.717) is 0 Å². The summed E-state index contributed by atoms with van der Waals surface area (Å²) in [6, 6.07) is 12.5.